The van der Waals surface area contributed by atoms with E-state index in [1.165, 1.54) is 10.4 Å². The molecule has 39 heavy (non-hydrogen) atoms. The van der Waals surface area contributed by atoms with Gasteiger partial charge in [-0.2, -0.15) is 0 Å². The average Bonchev–Trinajstić information content (AvgIpc) is 3.26. The topological polar surface area (TPSA) is 68.2 Å². The Morgan fingerprint density at radius 3 is 1.82 bits per heavy atom. The molecule has 1 saturated carbocycles. The molecule has 0 bridgehead atoms. The van der Waals surface area contributed by atoms with E-state index in [1.54, 1.807) is 6.92 Å². The van der Waals surface area contributed by atoms with Crippen molar-refractivity contribution >= 4 is 38.1 Å². The molecule has 3 aromatic carbocycles. The maximum atomic E-state index is 11.7. The number of fused-ring (bicyclic) bond motifs is 1. The first-order valence-electron chi connectivity index (χ1n) is 13.6. The summed E-state index contributed by atoms with van der Waals surface area (Å²) in [7, 11) is -2.91. The van der Waals surface area contributed by atoms with Crippen LogP contribution in [0.5, 0.6) is 0 Å². The summed E-state index contributed by atoms with van der Waals surface area (Å²) in [4.78, 5) is -0.382. The zero-order chi connectivity index (χ0) is 28.1. The van der Waals surface area contributed by atoms with Crippen LogP contribution in [-0.2, 0) is 13.9 Å². The number of rotatable bonds is 7. The van der Waals surface area contributed by atoms with E-state index in [9.17, 15) is 10.2 Å². The monoisotopic (exact) mass is 612 g/mol. The van der Waals surface area contributed by atoms with E-state index in [2.05, 4.69) is 81.4 Å². The number of hydrogen-bond donors (Lipinski definition) is 2. The third kappa shape index (κ3) is 4.87. The summed E-state index contributed by atoms with van der Waals surface area (Å²) in [6.45, 7) is 12.4. The van der Waals surface area contributed by atoms with Gasteiger partial charge < -0.3 is 0 Å². The van der Waals surface area contributed by atoms with E-state index in [0.29, 0.717) is 0 Å². The van der Waals surface area contributed by atoms with Crippen LogP contribution in [0.1, 0.15) is 41.5 Å². The molecule has 0 aromatic heterocycles. The number of aliphatic hydroxyl groups excluding tert-OH is 1. The van der Waals surface area contributed by atoms with E-state index in [1.807, 2.05) is 44.2 Å². The fraction of sp³-hybridized carbons (Fsp3) is 0.438. The van der Waals surface area contributed by atoms with E-state index >= 15 is 0 Å². The summed E-state index contributed by atoms with van der Waals surface area (Å²) < 4.78 is 21.7. The summed E-state index contributed by atoms with van der Waals surface area (Å²) >= 11 is -0.210. The van der Waals surface area contributed by atoms with Crippen LogP contribution in [0.2, 0.25) is 9.85 Å². The molecule has 2 aliphatic rings. The first kappa shape index (κ1) is 28.7. The summed E-state index contributed by atoms with van der Waals surface area (Å²) in [6, 6.07) is 31.2. The van der Waals surface area contributed by atoms with Crippen molar-refractivity contribution < 1.29 is 24.1 Å². The Bertz CT molecular complexity index is 1220. The zero-order valence-corrected chi connectivity index (χ0v) is 26.3. The number of benzene rings is 3. The predicted molar refractivity (Wildman–Crippen MR) is 159 cm³/mol. The van der Waals surface area contributed by atoms with Crippen LogP contribution in [0, 0.1) is 0 Å². The van der Waals surface area contributed by atoms with Gasteiger partial charge in [-0.25, -0.2) is 0 Å². The molecule has 0 spiro atoms. The molecule has 0 radical (unpaired) electrons. The van der Waals surface area contributed by atoms with Crippen LogP contribution in [0.3, 0.4) is 0 Å². The second kappa shape index (κ2) is 10.2. The Labute approximate surface area is 239 Å². The molecule has 1 saturated heterocycles. The third-order valence-corrected chi connectivity index (χ3v) is 16.2. The molecular weight excluding hydrogens is 571 g/mol. The standard InChI is InChI=1S/C32H40O5SeSi/c1-29(2,3)39(24-18-12-8-13-19-24,25-20-14-9-15-21-25)35-22-32-27(38-23-16-10-7-11-17-23)26(33)31(6,34)28(32)36-30(4,5)37-32/h7-21,26-28,33-34H,22H2,1-6H3/t26?,27-,28+,31-,32+/m0/s1. The van der Waals surface area contributed by atoms with Gasteiger partial charge in [0.25, 0.3) is 0 Å². The molecule has 2 fully saturated rings. The number of hydrogen-bond acceptors (Lipinski definition) is 5. The molecule has 1 aliphatic heterocycles. The van der Waals surface area contributed by atoms with Crippen LogP contribution < -0.4 is 14.8 Å². The van der Waals surface area contributed by atoms with Crippen molar-refractivity contribution in [2.24, 2.45) is 0 Å². The van der Waals surface area contributed by atoms with E-state index in [0.717, 1.165) is 4.46 Å². The molecule has 5 rings (SSSR count). The molecule has 2 N–H and O–H groups in total. The van der Waals surface area contributed by atoms with Crippen LogP contribution >= 0.6 is 0 Å². The SMILES string of the molecule is CC1(C)O[C@H]2[C@](CO[Si](c3ccccc3)(c3ccccc3)C(C)(C)C)(O1)[C@@H]([Se]c1ccccc1)C(O)[C@]2(C)O. The Hall–Kier alpha value is -1.80. The molecule has 1 aliphatic carbocycles. The van der Waals surface area contributed by atoms with Gasteiger partial charge in [0.1, 0.15) is 0 Å². The van der Waals surface area contributed by atoms with Gasteiger partial charge in [0.2, 0.25) is 0 Å². The normalized spacial score (nSPS) is 30.3. The van der Waals surface area contributed by atoms with E-state index < -0.39 is 37.5 Å². The van der Waals surface area contributed by atoms with Gasteiger partial charge in [-0.05, 0) is 0 Å². The number of aliphatic hydroxyl groups is 2. The molecule has 0 amide bonds. The van der Waals surface area contributed by atoms with Gasteiger partial charge in [-0.15, -0.1) is 0 Å². The van der Waals surface area contributed by atoms with Crippen molar-refractivity contribution in [3.63, 3.8) is 0 Å². The van der Waals surface area contributed by atoms with Crippen molar-refractivity contribution in [1.82, 2.24) is 0 Å². The molecule has 5 atom stereocenters. The van der Waals surface area contributed by atoms with Crippen LogP contribution in [0.25, 0.3) is 0 Å². The predicted octanol–water partition coefficient (Wildman–Crippen LogP) is 3.40. The second-order valence-electron chi connectivity index (χ2n) is 12.4. The van der Waals surface area contributed by atoms with Crippen molar-refractivity contribution in [3.8, 4) is 0 Å². The van der Waals surface area contributed by atoms with Gasteiger partial charge in [0.05, 0.1) is 0 Å². The fourth-order valence-electron chi connectivity index (χ4n) is 6.45. The maximum absolute atomic E-state index is 11.7. The van der Waals surface area contributed by atoms with Gasteiger partial charge in [-0.3, -0.25) is 0 Å². The summed E-state index contributed by atoms with van der Waals surface area (Å²) in [6.07, 6.45) is -1.77. The van der Waals surface area contributed by atoms with Crippen molar-refractivity contribution in [2.75, 3.05) is 6.61 Å². The molecule has 5 nitrogen and oxygen atoms in total. The van der Waals surface area contributed by atoms with Crippen LogP contribution in [0.15, 0.2) is 91.0 Å². The van der Waals surface area contributed by atoms with Gasteiger partial charge >= 0.3 is 240 Å². The molecule has 7 heteroatoms. The second-order valence-corrected chi connectivity index (χ2v) is 19.3. The van der Waals surface area contributed by atoms with Gasteiger partial charge in [-0.1, -0.05) is 0 Å². The molecule has 1 unspecified atom stereocenters. The van der Waals surface area contributed by atoms with Gasteiger partial charge in [0.15, 0.2) is 0 Å². The zero-order valence-electron chi connectivity index (χ0n) is 23.6. The minimum atomic E-state index is -2.91. The molecular formula is C32H40O5SeSi. The van der Waals surface area contributed by atoms with Gasteiger partial charge in [0, 0.05) is 0 Å². The first-order chi connectivity index (χ1) is 18.3. The summed E-state index contributed by atoms with van der Waals surface area (Å²) in [5, 5.41) is 25.4. The first-order valence-corrected chi connectivity index (χ1v) is 17.3. The minimum absolute atomic E-state index is 0.195. The Kier molecular flexibility index (Phi) is 7.53. The Balaban J connectivity index is 1.65. The van der Waals surface area contributed by atoms with Crippen molar-refractivity contribution in [1.29, 1.82) is 0 Å². The third-order valence-electron chi connectivity index (χ3n) is 8.12. The average molecular weight is 612 g/mol. The van der Waals surface area contributed by atoms with Crippen LogP contribution in [-0.4, -0.2) is 69.3 Å². The summed E-state index contributed by atoms with van der Waals surface area (Å²) in [5.41, 5.74) is -2.53. The van der Waals surface area contributed by atoms with Crippen molar-refractivity contribution in [3.05, 3.63) is 91.0 Å². The molecule has 1 heterocycles. The van der Waals surface area contributed by atoms with E-state index in [-0.39, 0.29) is 31.4 Å². The van der Waals surface area contributed by atoms with E-state index in [4.69, 9.17) is 13.9 Å². The van der Waals surface area contributed by atoms with Crippen molar-refractivity contribution in [2.45, 2.75) is 80.6 Å². The van der Waals surface area contributed by atoms with Crippen LogP contribution in [0.4, 0.5) is 0 Å². The molecule has 208 valence electrons. The quantitative estimate of drug-likeness (QED) is 0.401. The number of ether oxygens (including phenoxy) is 2. The summed E-state index contributed by atoms with van der Waals surface area (Å²) in [5.74, 6) is -0.936. The fourth-order valence-corrected chi connectivity index (χ4v) is 14.1. The Morgan fingerprint density at radius 1 is 0.846 bits per heavy atom. The Morgan fingerprint density at radius 2 is 1.33 bits per heavy atom. The molecule has 3 aromatic rings.